The maximum atomic E-state index is 10.9. The summed E-state index contributed by atoms with van der Waals surface area (Å²) in [5, 5.41) is 12.0. The second kappa shape index (κ2) is 5.06. The maximum Gasteiger partial charge on any atom is 0.278 e. The Bertz CT molecular complexity index is 683. The van der Waals surface area contributed by atoms with Crippen LogP contribution < -0.4 is 0 Å². The van der Waals surface area contributed by atoms with Crippen LogP contribution in [0, 0.1) is 22.0 Å². The summed E-state index contributed by atoms with van der Waals surface area (Å²) < 4.78 is 0. The molecule has 0 N–H and O–H groups in total. The lowest BCUT2D eigenvalue weighted by Crippen LogP contribution is -1.91. The van der Waals surface area contributed by atoms with Crippen LogP contribution in [0.15, 0.2) is 30.6 Å². The summed E-state index contributed by atoms with van der Waals surface area (Å²) in [6, 6.07) is 4.65. The van der Waals surface area contributed by atoms with Crippen molar-refractivity contribution in [3.8, 4) is 11.8 Å². The van der Waals surface area contributed by atoms with Crippen molar-refractivity contribution in [3.63, 3.8) is 0 Å². The van der Waals surface area contributed by atoms with E-state index in [1.807, 2.05) is 0 Å². The molecule has 0 aliphatic heterocycles. The molecule has 0 saturated heterocycles. The molecule has 1 heterocycles. The van der Waals surface area contributed by atoms with Crippen molar-refractivity contribution in [2.75, 3.05) is 0 Å². The highest BCUT2D eigenvalue weighted by Gasteiger charge is 2.13. The lowest BCUT2D eigenvalue weighted by molar-refractivity contribution is -0.383. The minimum atomic E-state index is -0.452. The fourth-order valence-corrected chi connectivity index (χ4v) is 1.63. The summed E-state index contributed by atoms with van der Waals surface area (Å²) in [6.07, 6.45) is 3.85. The van der Waals surface area contributed by atoms with Crippen molar-refractivity contribution in [2.24, 2.45) is 0 Å². The van der Waals surface area contributed by atoms with Crippen LogP contribution in [-0.4, -0.2) is 16.2 Å². The van der Waals surface area contributed by atoms with E-state index in [-0.39, 0.29) is 12.1 Å². The molecule has 0 aliphatic rings. The smallest absolute Gasteiger partial charge is 0.278 e. The summed E-state index contributed by atoms with van der Waals surface area (Å²) in [6.45, 7) is 0. The lowest BCUT2D eigenvalue weighted by atomic mass is 10.1. The fraction of sp³-hybridized carbons (Fsp3) is 0.0769. The van der Waals surface area contributed by atoms with Gasteiger partial charge in [-0.05, 0) is 12.1 Å². The average Bonchev–Trinajstić information content (AvgIpc) is 2.38. The van der Waals surface area contributed by atoms with Gasteiger partial charge in [-0.2, -0.15) is 0 Å². The molecule has 0 unspecified atom stereocenters. The Hall–Kier alpha value is -2.74. The molecule has 0 atom stereocenters. The standard InChI is InChI=1S/C13H8N2O3/c16-8-2-1-3-10-4-5-13(15(17)18)12-9-14-7-6-11(10)12/h4-9H,2H2. The number of nitro benzene ring substituents is 1. The highest BCUT2D eigenvalue weighted by molar-refractivity contribution is 5.94. The summed E-state index contributed by atoms with van der Waals surface area (Å²) in [4.78, 5) is 24.5. The zero-order valence-electron chi connectivity index (χ0n) is 9.29. The van der Waals surface area contributed by atoms with E-state index in [9.17, 15) is 14.9 Å². The third-order valence-electron chi connectivity index (χ3n) is 2.40. The number of carbonyl (C=O) groups excluding carboxylic acids is 1. The lowest BCUT2D eigenvalue weighted by Gasteiger charge is -2.01. The highest BCUT2D eigenvalue weighted by Crippen LogP contribution is 2.26. The van der Waals surface area contributed by atoms with E-state index in [0.717, 1.165) is 0 Å². The predicted octanol–water partition coefficient (Wildman–Crippen LogP) is 2.08. The number of fused-ring (bicyclic) bond motifs is 1. The van der Waals surface area contributed by atoms with Crippen molar-refractivity contribution < 1.29 is 9.72 Å². The Morgan fingerprint density at radius 3 is 2.89 bits per heavy atom. The van der Waals surface area contributed by atoms with Gasteiger partial charge in [-0.15, -0.1) is 0 Å². The van der Waals surface area contributed by atoms with Crippen LogP contribution in [0.2, 0.25) is 0 Å². The Morgan fingerprint density at radius 2 is 2.17 bits per heavy atom. The van der Waals surface area contributed by atoms with Gasteiger partial charge in [0.15, 0.2) is 0 Å². The molecule has 0 fully saturated rings. The first-order valence-electron chi connectivity index (χ1n) is 5.17. The van der Waals surface area contributed by atoms with Crippen LogP contribution in [0.5, 0.6) is 0 Å². The third kappa shape index (κ3) is 2.18. The number of nitrogens with zero attached hydrogens (tertiary/aromatic N) is 2. The van der Waals surface area contributed by atoms with E-state index in [2.05, 4.69) is 16.8 Å². The van der Waals surface area contributed by atoms with Crippen molar-refractivity contribution in [3.05, 3.63) is 46.3 Å². The normalized spacial score (nSPS) is 9.56. The number of aromatic nitrogens is 1. The molecule has 0 spiro atoms. The van der Waals surface area contributed by atoms with Gasteiger partial charge < -0.3 is 4.79 Å². The SMILES string of the molecule is O=CCC#Cc1ccc([N+](=O)[O-])c2cnccc12. The number of non-ortho nitro benzene ring substituents is 1. The minimum absolute atomic E-state index is 0.000891. The third-order valence-corrected chi connectivity index (χ3v) is 2.40. The van der Waals surface area contributed by atoms with E-state index in [1.165, 1.54) is 12.3 Å². The molecule has 0 aliphatic carbocycles. The fourth-order valence-electron chi connectivity index (χ4n) is 1.63. The number of benzene rings is 1. The van der Waals surface area contributed by atoms with Gasteiger partial charge in [0.25, 0.3) is 5.69 Å². The van der Waals surface area contributed by atoms with E-state index in [4.69, 9.17) is 0 Å². The molecule has 0 bridgehead atoms. The molecular weight excluding hydrogens is 232 g/mol. The number of aldehydes is 1. The molecule has 0 saturated carbocycles. The van der Waals surface area contributed by atoms with Gasteiger partial charge in [-0.1, -0.05) is 11.8 Å². The summed E-state index contributed by atoms with van der Waals surface area (Å²) in [5.41, 5.74) is 0.652. The van der Waals surface area contributed by atoms with Crippen LogP contribution in [0.4, 0.5) is 5.69 Å². The first-order valence-corrected chi connectivity index (χ1v) is 5.17. The molecule has 2 rings (SSSR count). The topological polar surface area (TPSA) is 73.1 Å². The number of rotatable bonds is 2. The predicted molar refractivity (Wildman–Crippen MR) is 66.0 cm³/mol. The zero-order valence-corrected chi connectivity index (χ0v) is 9.29. The summed E-state index contributed by atoms with van der Waals surface area (Å²) in [7, 11) is 0. The second-order valence-electron chi connectivity index (χ2n) is 3.48. The summed E-state index contributed by atoms with van der Waals surface area (Å²) in [5.74, 6) is 5.51. The van der Waals surface area contributed by atoms with E-state index < -0.39 is 4.92 Å². The largest absolute Gasteiger partial charge is 0.302 e. The molecule has 18 heavy (non-hydrogen) atoms. The molecule has 5 nitrogen and oxygen atoms in total. The van der Waals surface area contributed by atoms with Gasteiger partial charge in [0, 0.05) is 29.4 Å². The molecule has 88 valence electrons. The van der Waals surface area contributed by atoms with Crippen molar-refractivity contribution in [2.45, 2.75) is 6.42 Å². The van der Waals surface area contributed by atoms with Crippen LogP contribution >= 0.6 is 0 Å². The summed E-state index contributed by atoms with van der Waals surface area (Å²) >= 11 is 0. The number of hydrogen-bond donors (Lipinski definition) is 0. The van der Waals surface area contributed by atoms with Gasteiger partial charge in [-0.3, -0.25) is 15.1 Å². The van der Waals surface area contributed by atoms with E-state index in [1.54, 1.807) is 18.3 Å². The van der Waals surface area contributed by atoms with Gasteiger partial charge in [0.2, 0.25) is 0 Å². The Kier molecular flexibility index (Phi) is 3.30. The van der Waals surface area contributed by atoms with Crippen molar-refractivity contribution >= 4 is 22.7 Å². The monoisotopic (exact) mass is 240 g/mol. The first kappa shape index (κ1) is 11.7. The van der Waals surface area contributed by atoms with Crippen molar-refractivity contribution in [1.29, 1.82) is 0 Å². The van der Waals surface area contributed by atoms with Crippen LogP contribution in [0.3, 0.4) is 0 Å². The van der Waals surface area contributed by atoms with Crippen molar-refractivity contribution in [1.82, 2.24) is 4.98 Å². The number of hydrogen-bond acceptors (Lipinski definition) is 4. The Labute approximate surface area is 103 Å². The molecular formula is C13H8N2O3. The number of pyridine rings is 1. The molecule has 1 aromatic carbocycles. The molecule has 2 aromatic rings. The highest BCUT2D eigenvalue weighted by atomic mass is 16.6. The average molecular weight is 240 g/mol. The van der Waals surface area contributed by atoms with Gasteiger partial charge in [0.1, 0.15) is 6.29 Å². The van der Waals surface area contributed by atoms with Crippen LogP contribution in [0.25, 0.3) is 10.8 Å². The minimum Gasteiger partial charge on any atom is -0.302 e. The molecule has 0 amide bonds. The Balaban J connectivity index is 2.65. The van der Waals surface area contributed by atoms with Crippen LogP contribution in [-0.2, 0) is 4.79 Å². The number of nitro groups is 1. The van der Waals surface area contributed by atoms with E-state index in [0.29, 0.717) is 22.6 Å². The zero-order chi connectivity index (χ0) is 13.0. The number of carbonyl (C=O) groups is 1. The second-order valence-corrected chi connectivity index (χ2v) is 3.48. The van der Waals surface area contributed by atoms with Gasteiger partial charge >= 0.3 is 0 Å². The Morgan fingerprint density at radius 1 is 1.33 bits per heavy atom. The molecule has 1 aromatic heterocycles. The van der Waals surface area contributed by atoms with E-state index >= 15 is 0 Å². The molecule has 5 heteroatoms. The van der Waals surface area contributed by atoms with Crippen LogP contribution in [0.1, 0.15) is 12.0 Å². The maximum absolute atomic E-state index is 10.9. The quantitative estimate of drug-likeness (QED) is 0.348. The van der Waals surface area contributed by atoms with Gasteiger partial charge in [0.05, 0.1) is 16.7 Å². The first-order chi connectivity index (χ1) is 8.74. The van der Waals surface area contributed by atoms with Gasteiger partial charge in [-0.25, -0.2) is 0 Å². The molecule has 0 radical (unpaired) electrons.